The van der Waals surface area contributed by atoms with Crippen LogP contribution in [0.4, 0.5) is 0 Å². The van der Waals surface area contributed by atoms with Crippen molar-refractivity contribution >= 4 is 5.97 Å². The average Bonchev–Trinajstić information content (AvgIpc) is 3.11. The summed E-state index contributed by atoms with van der Waals surface area (Å²) >= 11 is 0. The highest BCUT2D eigenvalue weighted by Gasteiger charge is 2.36. The second-order valence-electron chi connectivity index (χ2n) is 4.71. The van der Waals surface area contributed by atoms with Crippen LogP contribution in [0.25, 0.3) is 0 Å². The van der Waals surface area contributed by atoms with Crippen molar-refractivity contribution < 1.29 is 14.3 Å². The fraction of sp³-hybridized carbons (Fsp3) is 0.917. The molecule has 1 unspecified atom stereocenters. The van der Waals surface area contributed by atoms with Crippen LogP contribution in [0, 0.1) is 5.92 Å². The third-order valence-electron chi connectivity index (χ3n) is 2.84. The fourth-order valence-electron chi connectivity index (χ4n) is 1.63. The summed E-state index contributed by atoms with van der Waals surface area (Å²) in [5.41, 5.74) is 0. The number of nitrogens with zero attached hydrogens (tertiary/aromatic N) is 1. The van der Waals surface area contributed by atoms with Crippen molar-refractivity contribution in [2.75, 3.05) is 47.5 Å². The maximum absolute atomic E-state index is 11.5. The number of carbonyl (C=O) groups excluding carboxylic acids is 1. The number of carbonyl (C=O) groups is 1. The summed E-state index contributed by atoms with van der Waals surface area (Å²) in [5.74, 6) is 0.310. The highest BCUT2D eigenvalue weighted by atomic mass is 16.5. The van der Waals surface area contributed by atoms with Gasteiger partial charge in [0.2, 0.25) is 0 Å². The molecule has 0 spiro atoms. The number of hydrogen-bond donors (Lipinski definition) is 1. The lowest BCUT2D eigenvalue weighted by molar-refractivity contribution is -0.143. The minimum Gasteiger partial charge on any atom is -0.468 e. The summed E-state index contributed by atoms with van der Waals surface area (Å²) in [6.45, 7) is 2.97. The standard InChI is InChI=1S/C12H24N2O3/c1-14(2)7-9-17-8-6-13-11(10-4-5-10)12(15)16-3/h10-11,13H,4-9H2,1-3H3. The van der Waals surface area contributed by atoms with Crippen molar-refractivity contribution in [2.45, 2.75) is 18.9 Å². The number of rotatable bonds is 9. The van der Waals surface area contributed by atoms with Gasteiger partial charge in [-0.15, -0.1) is 0 Å². The molecule has 0 aromatic heterocycles. The first-order valence-electron chi connectivity index (χ1n) is 6.19. The molecular weight excluding hydrogens is 220 g/mol. The quantitative estimate of drug-likeness (QED) is 0.461. The molecule has 0 bridgehead atoms. The molecule has 5 nitrogen and oxygen atoms in total. The Morgan fingerprint density at radius 1 is 1.41 bits per heavy atom. The zero-order valence-electron chi connectivity index (χ0n) is 11.1. The van der Waals surface area contributed by atoms with Gasteiger partial charge in [0.1, 0.15) is 6.04 Å². The molecule has 1 aliphatic rings. The predicted octanol–water partition coefficient (Wildman–Crippen LogP) is 0.106. The summed E-state index contributed by atoms with van der Waals surface area (Å²) in [6.07, 6.45) is 2.24. The summed E-state index contributed by atoms with van der Waals surface area (Å²) in [5, 5.41) is 3.21. The normalized spacial score (nSPS) is 17.2. The number of hydrogen-bond acceptors (Lipinski definition) is 5. The number of esters is 1. The van der Waals surface area contributed by atoms with Gasteiger partial charge in [0.25, 0.3) is 0 Å². The van der Waals surface area contributed by atoms with Gasteiger partial charge in [-0.05, 0) is 32.9 Å². The predicted molar refractivity (Wildman–Crippen MR) is 65.9 cm³/mol. The minimum absolute atomic E-state index is 0.141. The summed E-state index contributed by atoms with van der Waals surface area (Å²) in [4.78, 5) is 13.5. The molecule has 0 aromatic carbocycles. The molecule has 17 heavy (non-hydrogen) atoms. The molecule has 1 rings (SSSR count). The molecule has 100 valence electrons. The van der Waals surface area contributed by atoms with Crippen molar-refractivity contribution in [3.05, 3.63) is 0 Å². The van der Waals surface area contributed by atoms with E-state index >= 15 is 0 Å². The number of ether oxygens (including phenoxy) is 2. The molecule has 1 fully saturated rings. The van der Waals surface area contributed by atoms with Crippen LogP contribution in [0.3, 0.4) is 0 Å². The Kier molecular flexibility index (Phi) is 6.47. The van der Waals surface area contributed by atoms with Gasteiger partial charge in [-0.2, -0.15) is 0 Å². The zero-order valence-corrected chi connectivity index (χ0v) is 11.1. The van der Waals surface area contributed by atoms with E-state index in [4.69, 9.17) is 9.47 Å². The van der Waals surface area contributed by atoms with Gasteiger partial charge in [-0.1, -0.05) is 0 Å². The minimum atomic E-state index is -0.152. The first-order chi connectivity index (χ1) is 8.15. The second kappa shape index (κ2) is 7.63. The Morgan fingerprint density at radius 2 is 2.12 bits per heavy atom. The van der Waals surface area contributed by atoms with E-state index in [1.165, 1.54) is 7.11 Å². The Balaban J connectivity index is 2.05. The zero-order chi connectivity index (χ0) is 12.7. The molecule has 0 heterocycles. The smallest absolute Gasteiger partial charge is 0.323 e. The van der Waals surface area contributed by atoms with Gasteiger partial charge >= 0.3 is 5.97 Å². The van der Waals surface area contributed by atoms with E-state index in [-0.39, 0.29) is 12.0 Å². The van der Waals surface area contributed by atoms with Gasteiger partial charge in [-0.25, -0.2) is 0 Å². The van der Waals surface area contributed by atoms with E-state index in [0.717, 1.165) is 26.0 Å². The molecule has 5 heteroatoms. The molecule has 1 atom stereocenters. The van der Waals surface area contributed by atoms with Gasteiger partial charge in [0.15, 0.2) is 0 Å². The molecule has 1 N–H and O–H groups in total. The van der Waals surface area contributed by atoms with E-state index in [0.29, 0.717) is 19.1 Å². The van der Waals surface area contributed by atoms with Gasteiger partial charge in [0.05, 0.1) is 20.3 Å². The lowest BCUT2D eigenvalue weighted by atomic mass is 10.2. The van der Waals surface area contributed by atoms with Gasteiger partial charge < -0.3 is 19.7 Å². The molecule has 0 aliphatic heterocycles. The van der Waals surface area contributed by atoms with E-state index in [1.54, 1.807) is 0 Å². The average molecular weight is 244 g/mol. The van der Waals surface area contributed by atoms with E-state index in [9.17, 15) is 4.79 Å². The van der Waals surface area contributed by atoms with Crippen molar-refractivity contribution in [1.29, 1.82) is 0 Å². The van der Waals surface area contributed by atoms with Crippen LogP contribution >= 0.6 is 0 Å². The molecule has 0 amide bonds. The molecule has 0 saturated heterocycles. The Bertz CT molecular complexity index is 230. The third-order valence-corrected chi connectivity index (χ3v) is 2.84. The first-order valence-corrected chi connectivity index (χ1v) is 6.19. The monoisotopic (exact) mass is 244 g/mol. The highest BCUT2D eigenvalue weighted by molar-refractivity contribution is 5.76. The van der Waals surface area contributed by atoms with E-state index in [1.807, 2.05) is 14.1 Å². The van der Waals surface area contributed by atoms with Crippen LogP contribution in [0.1, 0.15) is 12.8 Å². The lowest BCUT2D eigenvalue weighted by Crippen LogP contribution is -2.41. The summed E-state index contributed by atoms with van der Waals surface area (Å²) in [7, 11) is 5.47. The van der Waals surface area contributed by atoms with Crippen LogP contribution in [-0.4, -0.2) is 64.4 Å². The third kappa shape index (κ3) is 6.00. The van der Waals surface area contributed by atoms with Crippen LogP contribution in [0.5, 0.6) is 0 Å². The maximum Gasteiger partial charge on any atom is 0.323 e. The van der Waals surface area contributed by atoms with Crippen LogP contribution < -0.4 is 5.32 Å². The summed E-state index contributed by atoms with van der Waals surface area (Å²) < 4.78 is 10.2. The van der Waals surface area contributed by atoms with Crippen LogP contribution in [-0.2, 0) is 14.3 Å². The van der Waals surface area contributed by atoms with Crippen molar-refractivity contribution in [3.63, 3.8) is 0 Å². The fourth-order valence-corrected chi connectivity index (χ4v) is 1.63. The second-order valence-corrected chi connectivity index (χ2v) is 4.71. The first kappa shape index (κ1) is 14.4. The SMILES string of the molecule is COC(=O)C(NCCOCCN(C)C)C1CC1. The molecule has 0 radical (unpaired) electrons. The van der Waals surface area contributed by atoms with Crippen molar-refractivity contribution in [1.82, 2.24) is 10.2 Å². The molecule has 1 aliphatic carbocycles. The van der Waals surface area contributed by atoms with Crippen molar-refractivity contribution in [2.24, 2.45) is 5.92 Å². The Labute approximate surface area is 103 Å². The van der Waals surface area contributed by atoms with E-state index in [2.05, 4.69) is 10.2 Å². The van der Waals surface area contributed by atoms with E-state index < -0.39 is 0 Å². The Morgan fingerprint density at radius 3 is 2.65 bits per heavy atom. The van der Waals surface area contributed by atoms with Gasteiger partial charge in [-0.3, -0.25) is 4.79 Å². The van der Waals surface area contributed by atoms with Crippen molar-refractivity contribution in [3.8, 4) is 0 Å². The lowest BCUT2D eigenvalue weighted by Gasteiger charge is -2.16. The van der Waals surface area contributed by atoms with Gasteiger partial charge in [0, 0.05) is 13.1 Å². The van der Waals surface area contributed by atoms with Crippen LogP contribution in [0.2, 0.25) is 0 Å². The summed E-state index contributed by atoms with van der Waals surface area (Å²) in [6, 6.07) is -0.141. The number of methoxy groups -OCH3 is 1. The number of nitrogens with one attached hydrogen (secondary N) is 1. The largest absolute Gasteiger partial charge is 0.468 e. The topological polar surface area (TPSA) is 50.8 Å². The highest BCUT2D eigenvalue weighted by Crippen LogP contribution is 2.32. The molecule has 0 aromatic rings. The molecule has 1 saturated carbocycles. The number of likely N-dealkylation sites (N-methyl/N-ethyl adjacent to an activating group) is 1. The Hall–Kier alpha value is -0.650. The van der Waals surface area contributed by atoms with Crippen LogP contribution in [0.15, 0.2) is 0 Å². The molecular formula is C12H24N2O3. The maximum atomic E-state index is 11.5.